The molecule has 0 saturated heterocycles. The van der Waals surface area contributed by atoms with Crippen LogP contribution in [0.1, 0.15) is 0 Å². The molecule has 0 aromatic heterocycles. The zero-order valence-electron chi connectivity index (χ0n) is 49.3. The Labute approximate surface area is 531 Å². The van der Waals surface area contributed by atoms with Gasteiger partial charge in [-0.1, -0.05) is 254 Å². The number of hydrogen-bond donors (Lipinski definition) is 0. The molecule has 2 aliphatic rings. The molecule has 14 aromatic rings. The summed E-state index contributed by atoms with van der Waals surface area (Å²) in [5.41, 5.74) is 26.2. The molecule has 16 rings (SSSR count). The average molecular weight is 1170 g/mol. The lowest BCUT2D eigenvalue weighted by Gasteiger charge is -2.42. The maximum atomic E-state index is 2.62. The maximum absolute atomic E-state index is 2.62. The molecular formula is C84H59BN4S. The highest BCUT2D eigenvalue weighted by Gasteiger charge is 2.43. The first-order valence-corrected chi connectivity index (χ1v) is 31.6. The molecule has 0 amide bonds. The molecule has 6 heteroatoms. The van der Waals surface area contributed by atoms with E-state index in [4.69, 9.17) is 0 Å². The summed E-state index contributed by atoms with van der Waals surface area (Å²) in [5.74, 6) is 0. The quantitative estimate of drug-likeness (QED) is 0.100. The van der Waals surface area contributed by atoms with Crippen molar-refractivity contribution in [3.63, 3.8) is 0 Å². The fourth-order valence-electron chi connectivity index (χ4n) is 13.4. The van der Waals surface area contributed by atoms with Gasteiger partial charge >= 0.3 is 0 Å². The molecule has 0 N–H and O–H groups in total. The summed E-state index contributed by atoms with van der Waals surface area (Å²) < 4.78 is 0. The van der Waals surface area contributed by atoms with Crippen molar-refractivity contribution in [2.45, 2.75) is 9.79 Å². The molecule has 90 heavy (non-hydrogen) atoms. The van der Waals surface area contributed by atoms with Crippen molar-refractivity contribution >= 4 is 103 Å². The zero-order chi connectivity index (χ0) is 59.7. The minimum absolute atomic E-state index is 0.112. The third-order valence-electron chi connectivity index (χ3n) is 17.4. The Morgan fingerprint density at radius 1 is 0.233 bits per heavy atom. The minimum Gasteiger partial charge on any atom is -0.311 e. The second-order valence-corrected chi connectivity index (χ2v) is 23.9. The van der Waals surface area contributed by atoms with E-state index in [1.807, 2.05) is 11.8 Å². The first-order chi connectivity index (χ1) is 44.7. The summed E-state index contributed by atoms with van der Waals surface area (Å²) in [4.78, 5) is 12.2. The Bertz CT molecular complexity index is 4570. The lowest BCUT2D eigenvalue weighted by Crippen LogP contribution is -2.60. The number of para-hydroxylation sites is 5. The molecule has 0 bridgehead atoms. The fraction of sp³-hybridized carbons (Fsp3) is 0. The average Bonchev–Trinajstić information content (AvgIpc) is 0.718. The Hall–Kier alpha value is -11.3. The van der Waals surface area contributed by atoms with Crippen LogP contribution in [0.3, 0.4) is 0 Å². The van der Waals surface area contributed by atoms with Crippen molar-refractivity contribution in [2.24, 2.45) is 0 Å². The summed E-state index contributed by atoms with van der Waals surface area (Å²) in [6, 6.07) is 131. The predicted molar refractivity (Wildman–Crippen MR) is 382 cm³/mol. The molecule has 0 unspecified atom stereocenters. The van der Waals surface area contributed by atoms with Crippen LogP contribution < -0.4 is 36.0 Å². The SMILES string of the molecule is c1ccc(-c2ccc3c(c2)B2c4cc(-c5ccccc5)ccc4N(c4c(-c5ccccc5)cccc4-c4ccccc4)c4cc(N(c5ccc(N(c6ccccc6)c6ccccc6)cc5)c5ccc(N(c6ccccc6)c6ccccc6)cc5)cc(c42)S3)cc1. The number of rotatable bonds is 14. The van der Waals surface area contributed by atoms with Gasteiger partial charge in [-0.3, -0.25) is 0 Å². The number of hydrogen-bond acceptors (Lipinski definition) is 5. The van der Waals surface area contributed by atoms with E-state index in [1.54, 1.807) is 0 Å². The van der Waals surface area contributed by atoms with Gasteiger partial charge < -0.3 is 19.6 Å². The van der Waals surface area contributed by atoms with Crippen LogP contribution in [-0.2, 0) is 0 Å². The number of fused-ring (bicyclic) bond motifs is 4. The van der Waals surface area contributed by atoms with Gasteiger partial charge in [-0.15, -0.1) is 0 Å². The Balaban J connectivity index is 0.963. The van der Waals surface area contributed by atoms with Crippen LogP contribution in [0.15, 0.2) is 368 Å². The highest BCUT2D eigenvalue weighted by molar-refractivity contribution is 8.00. The molecule has 424 valence electrons. The summed E-state index contributed by atoms with van der Waals surface area (Å²) in [7, 11) is 0. The van der Waals surface area contributed by atoms with Crippen molar-refractivity contribution in [1.29, 1.82) is 0 Å². The van der Waals surface area contributed by atoms with Crippen LogP contribution >= 0.6 is 11.8 Å². The van der Waals surface area contributed by atoms with Gasteiger partial charge in [-0.2, -0.15) is 0 Å². The Morgan fingerprint density at radius 2 is 0.578 bits per heavy atom. The predicted octanol–water partition coefficient (Wildman–Crippen LogP) is 21.5. The summed E-state index contributed by atoms with van der Waals surface area (Å²) >= 11 is 1.89. The molecule has 0 atom stereocenters. The van der Waals surface area contributed by atoms with Gasteiger partial charge in [0.25, 0.3) is 0 Å². The van der Waals surface area contributed by atoms with Gasteiger partial charge in [-0.25, -0.2) is 0 Å². The summed E-state index contributed by atoms with van der Waals surface area (Å²) in [6.07, 6.45) is 0. The van der Waals surface area contributed by atoms with Crippen LogP contribution in [0.4, 0.5) is 68.2 Å². The highest BCUT2D eigenvalue weighted by Crippen LogP contribution is 2.52. The Kier molecular flexibility index (Phi) is 14.3. The van der Waals surface area contributed by atoms with Crippen molar-refractivity contribution < 1.29 is 0 Å². The van der Waals surface area contributed by atoms with Gasteiger partial charge in [-0.05, 0) is 166 Å². The van der Waals surface area contributed by atoms with Crippen LogP contribution in [0.5, 0.6) is 0 Å². The second kappa shape index (κ2) is 23.8. The van der Waals surface area contributed by atoms with E-state index < -0.39 is 0 Å². The normalized spacial score (nSPS) is 11.9. The van der Waals surface area contributed by atoms with Gasteiger partial charge in [0.2, 0.25) is 6.71 Å². The molecule has 2 heterocycles. The molecular weight excluding hydrogens is 1110 g/mol. The molecule has 0 radical (unpaired) electrons. The van der Waals surface area contributed by atoms with Gasteiger partial charge in [0.1, 0.15) is 0 Å². The molecule has 0 saturated carbocycles. The standard InChI is InChI=1S/C84H59BN4S/c1-9-26-60(27-10-1)64-44-54-79-77(56-64)85-78-57-65(61-28-11-2-12-29-61)45-55-81(78)90-82-59-74(58-80(83(82)85)89(79)84-75(62-30-13-3-14-31-62)42-25-43-76(84)63-32-15-4-16-33-63)88(72-50-46-70(47-51-72)86(66-34-17-5-18-35-66)67-36-19-6-20-37-67)73-52-48-71(49-53-73)87(68-38-21-7-22-39-68)69-40-23-8-24-41-69/h1-59H. The van der Waals surface area contributed by atoms with E-state index in [0.29, 0.717) is 0 Å². The second-order valence-electron chi connectivity index (χ2n) is 22.8. The fourth-order valence-corrected chi connectivity index (χ4v) is 14.5. The lowest BCUT2D eigenvalue weighted by atomic mass is 9.34. The van der Waals surface area contributed by atoms with Crippen LogP contribution in [-0.4, -0.2) is 6.71 Å². The zero-order valence-corrected chi connectivity index (χ0v) is 50.2. The van der Waals surface area contributed by atoms with E-state index in [9.17, 15) is 0 Å². The molecule has 4 nitrogen and oxygen atoms in total. The van der Waals surface area contributed by atoms with Gasteiger partial charge in [0.15, 0.2) is 0 Å². The molecule has 0 aliphatic carbocycles. The third-order valence-corrected chi connectivity index (χ3v) is 18.6. The lowest BCUT2D eigenvalue weighted by molar-refractivity contribution is 1.22. The third kappa shape index (κ3) is 10.1. The van der Waals surface area contributed by atoms with E-state index >= 15 is 0 Å². The van der Waals surface area contributed by atoms with Gasteiger partial charge in [0, 0.05) is 83.5 Å². The number of nitrogens with zero attached hydrogens (tertiary/aromatic N) is 4. The number of anilines is 12. The van der Waals surface area contributed by atoms with E-state index in [2.05, 4.69) is 378 Å². The Morgan fingerprint density at radius 3 is 0.989 bits per heavy atom. The summed E-state index contributed by atoms with van der Waals surface area (Å²) in [5, 5.41) is 0. The van der Waals surface area contributed by atoms with Crippen molar-refractivity contribution in [3.05, 3.63) is 358 Å². The van der Waals surface area contributed by atoms with Crippen molar-refractivity contribution in [2.75, 3.05) is 19.6 Å². The number of benzene rings is 14. The molecule has 0 fully saturated rings. The topological polar surface area (TPSA) is 13.0 Å². The molecule has 14 aromatic carbocycles. The van der Waals surface area contributed by atoms with E-state index in [-0.39, 0.29) is 6.71 Å². The first kappa shape index (κ1) is 54.1. The highest BCUT2D eigenvalue weighted by atomic mass is 32.2. The maximum Gasteiger partial charge on any atom is 0.249 e. The van der Waals surface area contributed by atoms with Gasteiger partial charge in [0.05, 0.1) is 5.69 Å². The van der Waals surface area contributed by atoms with E-state index in [1.165, 1.54) is 48.4 Å². The van der Waals surface area contributed by atoms with Crippen molar-refractivity contribution in [1.82, 2.24) is 0 Å². The first-order valence-electron chi connectivity index (χ1n) is 30.8. The minimum atomic E-state index is -0.112. The van der Waals surface area contributed by atoms with Crippen LogP contribution in [0.2, 0.25) is 0 Å². The smallest absolute Gasteiger partial charge is 0.249 e. The molecule has 2 aliphatic heterocycles. The monoisotopic (exact) mass is 1170 g/mol. The van der Waals surface area contributed by atoms with Crippen molar-refractivity contribution in [3.8, 4) is 44.5 Å². The van der Waals surface area contributed by atoms with Crippen LogP contribution in [0.25, 0.3) is 44.5 Å². The largest absolute Gasteiger partial charge is 0.311 e. The van der Waals surface area contributed by atoms with Crippen LogP contribution in [0, 0.1) is 0 Å². The van der Waals surface area contributed by atoms with E-state index in [0.717, 1.165) is 90.5 Å². The summed E-state index contributed by atoms with van der Waals surface area (Å²) in [6.45, 7) is -0.112. The molecule has 0 spiro atoms.